The SMILES string of the molecule is CCC(OC1CCCC1)C(=O)NCC1(COC)CCNCC1. The number of carbonyl (C=O) groups is 1. The van der Waals surface area contributed by atoms with Gasteiger partial charge in [0.1, 0.15) is 6.10 Å². The maximum atomic E-state index is 12.5. The van der Waals surface area contributed by atoms with E-state index >= 15 is 0 Å². The molecule has 1 aliphatic carbocycles. The van der Waals surface area contributed by atoms with Gasteiger partial charge in [-0.25, -0.2) is 0 Å². The van der Waals surface area contributed by atoms with Gasteiger partial charge in [0.05, 0.1) is 12.7 Å². The lowest BCUT2D eigenvalue weighted by atomic mass is 9.79. The third kappa shape index (κ3) is 4.93. The zero-order chi connectivity index (χ0) is 15.8. The van der Waals surface area contributed by atoms with Crippen molar-refractivity contribution in [1.82, 2.24) is 10.6 Å². The fraction of sp³-hybridized carbons (Fsp3) is 0.941. The van der Waals surface area contributed by atoms with Crippen molar-refractivity contribution in [3.8, 4) is 0 Å². The van der Waals surface area contributed by atoms with E-state index in [1.807, 2.05) is 6.92 Å². The summed E-state index contributed by atoms with van der Waals surface area (Å²) in [5.41, 5.74) is 0.0707. The summed E-state index contributed by atoms with van der Waals surface area (Å²) in [7, 11) is 1.74. The van der Waals surface area contributed by atoms with Crippen LogP contribution < -0.4 is 10.6 Å². The van der Waals surface area contributed by atoms with Gasteiger partial charge in [0.25, 0.3) is 0 Å². The summed E-state index contributed by atoms with van der Waals surface area (Å²) in [6.07, 6.45) is 7.46. The first kappa shape index (κ1) is 17.7. The number of hydrogen-bond acceptors (Lipinski definition) is 4. The quantitative estimate of drug-likeness (QED) is 0.718. The van der Waals surface area contributed by atoms with Crippen LogP contribution >= 0.6 is 0 Å². The summed E-state index contributed by atoms with van der Waals surface area (Å²) in [4.78, 5) is 12.5. The summed E-state index contributed by atoms with van der Waals surface area (Å²) in [6, 6.07) is 0. The topological polar surface area (TPSA) is 59.6 Å². The number of carbonyl (C=O) groups excluding carboxylic acids is 1. The number of ether oxygens (including phenoxy) is 2. The molecular weight excluding hydrogens is 280 g/mol. The van der Waals surface area contributed by atoms with Crippen LogP contribution in [0, 0.1) is 5.41 Å². The lowest BCUT2D eigenvalue weighted by Gasteiger charge is -2.37. The fourth-order valence-electron chi connectivity index (χ4n) is 3.62. The van der Waals surface area contributed by atoms with Gasteiger partial charge in [-0.1, -0.05) is 19.8 Å². The molecule has 2 fully saturated rings. The van der Waals surface area contributed by atoms with Gasteiger partial charge in [-0.3, -0.25) is 4.79 Å². The zero-order valence-electron chi connectivity index (χ0n) is 14.2. The molecule has 2 N–H and O–H groups in total. The van der Waals surface area contributed by atoms with Crippen LogP contribution in [0.15, 0.2) is 0 Å². The molecule has 0 aromatic heterocycles. The van der Waals surface area contributed by atoms with Gasteiger partial charge in [0.2, 0.25) is 5.91 Å². The Morgan fingerprint density at radius 3 is 2.59 bits per heavy atom. The summed E-state index contributed by atoms with van der Waals surface area (Å²) in [5.74, 6) is 0.0448. The van der Waals surface area contributed by atoms with Crippen LogP contribution in [0.2, 0.25) is 0 Å². The first-order chi connectivity index (χ1) is 10.7. The minimum atomic E-state index is -0.301. The molecule has 0 radical (unpaired) electrons. The van der Waals surface area contributed by atoms with Crippen molar-refractivity contribution in [3.63, 3.8) is 0 Å². The molecule has 1 unspecified atom stereocenters. The van der Waals surface area contributed by atoms with E-state index in [0.717, 1.165) is 45.2 Å². The Balaban J connectivity index is 1.82. The molecule has 128 valence electrons. The maximum Gasteiger partial charge on any atom is 0.249 e. The highest BCUT2D eigenvalue weighted by molar-refractivity contribution is 5.80. The van der Waals surface area contributed by atoms with Crippen molar-refractivity contribution in [3.05, 3.63) is 0 Å². The van der Waals surface area contributed by atoms with Crippen molar-refractivity contribution >= 4 is 5.91 Å². The van der Waals surface area contributed by atoms with Crippen LogP contribution in [0.5, 0.6) is 0 Å². The standard InChI is InChI=1S/C17H32N2O3/c1-3-15(22-14-6-4-5-7-14)16(20)19-12-17(13-21-2)8-10-18-11-9-17/h14-15,18H,3-13H2,1-2H3,(H,19,20). The molecule has 1 amide bonds. The van der Waals surface area contributed by atoms with Crippen molar-refractivity contribution in [2.24, 2.45) is 5.41 Å². The Morgan fingerprint density at radius 1 is 1.32 bits per heavy atom. The molecule has 1 atom stereocenters. The van der Waals surface area contributed by atoms with E-state index in [9.17, 15) is 4.79 Å². The van der Waals surface area contributed by atoms with Crippen LogP contribution in [-0.4, -0.2) is 51.5 Å². The number of methoxy groups -OCH3 is 1. The normalized spacial score (nSPS) is 23.4. The molecule has 1 saturated heterocycles. The highest BCUT2D eigenvalue weighted by Crippen LogP contribution is 2.28. The largest absolute Gasteiger partial charge is 0.384 e. The van der Waals surface area contributed by atoms with E-state index in [0.29, 0.717) is 13.2 Å². The van der Waals surface area contributed by atoms with Gasteiger partial charge in [-0.05, 0) is 45.2 Å². The second-order valence-electron chi connectivity index (χ2n) is 6.84. The molecule has 0 spiro atoms. The fourth-order valence-corrected chi connectivity index (χ4v) is 3.62. The van der Waals surface area contributed by atoms with E-state index in [1.165, 1.54) is 12.8 Å². The Kier molecular flexibility index (Phi) is 7.12. The van der Waals surface area contributed by atoms with Crippen molar-refractivity contribution in [2.75, 3.05) is 33.4 Å². The minimum Gasteiger partial charge on any atom is -0.384 e. The average molecular weight is 312 g/mol. The Bertz CT molecular complexity index is 331. The molecule has 1 aliphatic heterocycles. The first-order valence-electron chi connectivity index (χ1n) is 8.82. The summed E-state index contributed by atoms with van der Waals surface area (Å²) in [5, 5.41) is 6.51. The van der Waals surface area contributed by atoms with E-state index in [-0.39, 0.29) is 23.5 Å². The molecule has 5 heteroatoms. The van der Waals surface area contributed by atoms with Gasteiger partial charge in [0.15, 0.2) is 0 Å². The number of nitrogens with one attached hydrogen (secondary N) is 2. The molecule has 22 heavy (non-hydrogen) atoms. The third-order valence-electron chi connectivity index (χ3n) is 5.07. The molecule has 1 heterocycles. The summed E-state index contributed by atoms with van der Waals surface area (Å²) in [6.45, 7) is 5.40. The molecule has 5 nitrogen and oxygen atoms in total. The average Bonchev–Trinajstić information content (AvgIpc) is 3.05. The predicted octanol–water partition coefficient (Wildman–Crippen LogP) is 1.86. The van der Waals surface area contributed by atoms with Crippen LogP contribution in [0.4, 0.5) is 0 Å². The van der Waals surface area contributed by atoms with Crippen molar-refractivity contribution in [2.45, 2.75) is 64.1 Å². The number of rotatable bonds is 8. The van der Waals surface area contributed by atoms with Crippen molar-refractivity contribution in [1.29, 1.82) is 0 Å². The number of hydrogen-bond donors (Lipinski definition) is 2. The van der Waals surface area contributed by atoms with Crippen LogP contribution in [-0.2, 0) is 14.3 Å². The summed E-state index contributed by atoms with van der Waals surface area (Å²) >= 11 is 0. The predicted molar refractivity (Wildman–Crippen MR) is 86.8 cm³/mol. The van der Waals surface area contributed by atoms with Crippen molar-refractivity contribution < 1.29 is 14.3 Å². The number of amides is 1. The van der Waals surface area contributed by atoms with E-state index < -0.39 is 0 Å². The second-order valence-corrected chi connectivity index (χ2v) is 6.84. The molecular formula is C17H32N2O3. The smallest absolute Gasteiger partial charge is 0.249 e. The summed E-state index contributed by atoms with van der Waals surface area (Å²) < 4.78 is 11.4. The van der Waals surface area contributed by atoms with E-state index in [4.69, 9.17) is 9.47 Å². The lowest BCUT2D eigenvalue weighted by Crippen LogP contribution is -2.49. The first-order valence-corrected chi connectivity index (χ1v) is 8.82. The lowest BCUT2D eigenvalue weighted by molar-refractivity contribution is -0.137. The van der Waals surface area contributed by atoms with Gasteiger partial charge >= 0.3 is 0 Å². The van der Waals surface area contributed by atoms with Crippen LogP contribution in [0.1, 0.15) is 51.9 Å². The minimum absolute atomic E-state index is 0.0448. The highest BCUT2D eigenvalue weighted by atomic mass is 16.5. The molecule has 1 saturated carbocycles. The zero-order valence-corrected chi connectivity index (χ0v) is 14.2. The van der Waals surface area contributed by atoms with Gasteiger partial charge in [-0.15, -0.1) is 0 Å². The Morgan fingerprint density at radius 2 is 2.00 bits per heavy atom. The Hall–Kier alpha value is -0.650. The van der Waals surface area contributed by atoms with Crippen LogP contribution in [0.3, 0.4) is 0 Å². The maximum absolute atomic E-state index is 12.5. The molecule has 0 aromatic rings. The second kappa shape index (κ2) is 8.85. The highest BCUT2D eigenvalue weighted by Gasteiger charge is 2.33. The van der Waals surface area contributed by atoms with Crippen LogP contribution in [0.25, 0.3) is 0 Å². The molecule has 0 bridgehead atoms. The molecule has 0 aromatic carbocycles. The molecule has 2 rings (SSSR count). The molecule has 2 aliphatic rings. The monoisotopic (exact) mass is 312 g/mol. The van der Waals surface area contributed by atoms with Gasteiger partial charge in [0, 0.05) is 19.1 Å². The Labute approximate surface area is 134 Å². The van der Waals surface area contributed by atoms with Gasteiger partial charge < -0.3 is 20.1 Å². The number of piperidine rings is 1. The van der Waals surface area contributed by atoms with E-state index in [2.05, 4.69) is 10.6 Å². The van der Waals surface area contributed by atoms with Gasteiger partial charge in [-0.2, -0.15) is 0 Å². The van der Waals surface area contributed by atoms with E-state index in [1.54, 1.807) is 7.11 Å². The third-order valence-corrected chi connectivity index (χ3v) is 5.07.